The number of pyridine rings is 1. The van der Waals surface area contributed by atoms with Crippen LogP contribution in [-0.4, -0.2) is 72.2 Å². The van der Waals surface area contributed by atoms with Gasteiger partial charge in [0.25, 0.3) is 0 Å². The van der Waals surface area contributed by atoms with E-state index in [0.717, 1.165) is 63.0 Å². The van der Waals surface area contributed by atoms with E-state index in [-0.39, 0.29) is 36.0 Å². The zero-order valence-corrected chi connectivity index (χ0v) is 24.1. The van der Waals surface area contributed by atoms with Crippen LogP contribution in [0.25, 0.3) is 0 Å². The molecule has 2 saturated heterocycles. The lowest BCUT2D eigenvalue weighted by Crippen LogP contribution is -2.45. The number of anilines is 1. The maximum atomic E-state index is 13.7. The van der Waals surface area contributed by atoms with Crippen molar-refractivity contribution in [2.24, 2.45) is 11.8 Å². The van der Waals surface area contributed by atoms with E-state index in [2.05, 4.69) is 22.9 Å². The van der Waals surface area contributed by atoms with Crippen LogP contribution in [0, 0.1) is 23.2 Å². The second-order valence-electron chi connectivity index (χ2n) is 11.6. The third-order valence-electron chi connectivity index (χ3n) is 8.96. The lowest BCUT2D eigenvalue weighted by Gasteiger charge is -2.34. The highest BCUT2D eigenvalue weighted by Gasteiger charge is 2.42. The summed E-state index contributed by atoms with van der Waals surface area (Å²) in [4.78, 5) is 37.2. The first-order valence-corrected chi connectivity index (χ1v) is 14.8. The van der Waals surface area contributed by atoms with Crippen molar-refractivity contribution in [2.75, 3.05) is 38.1 Å². The minimum absolute atomic E-state index is 0.0203. The van der Waals surface area contributed by atoms with Gasteiger partial charge in [-0.1, -0.05) is 30.7 Å². The molecule has 2 aromatic rings. The van der Waals surface area contributed by atoms with Crippen LogP contribution < -0.4 is 4.90 Å². The summed E-state index contributed by atoms with van der Waals surface area (Å²) in [6.45, 7) is 4.76. The van der Waals surface area contributed by atoms with E-state index in [9.17, 15) is 9.59 Å². The fourth-order valence-corrected chi connectivity index (χ4v) is 6.48. The molecule has 2 aliphatic heterocycles. The standard InChI is InChI=1S/C31H38ClN5O3/c1-21-3-10-26(11-4-21)40-31(39)35(2)28-20-37(19-27(28)23-6-8-25(32)9-7-23)30(38)24-13-15-36(16-14-24)29-12-5-22(17-33)18-34-29/h5-9,12,18,21,24,26-28H,3-4,10-11,13-16,19-20H2,1-2H3/t21-,26-,27-,28+/m0/s1. The maximum Gasteiger partial charge on any atom is 0.410 e. The lowest BCUT2D eigenvalue weighted by molar-refractivity contribution is -0.135. The van der Waals surface area contributed by atoms with Crippen molar-refractivity contribution in [3.8, 4) is 6.07 Å². The number of nitriles is 1. The predicted octanol–water partition coefficient (Wildman–Crippen LogP) is 5.46. The summed E-state index contributed by atoms with van der Waals surface area (Å²) < 4.78 is 5.93. The van der Waals surface area contributed by atoms with Crippen molar-refractivity contribution in [3.63, 3.8) is 0 Å². The van der Waals surface area contributed by atoms with Gasteiger partial charge in [0.15, 0.2) is 0 Å². The number of ether oxygens (including phenoxy) is 1. The summed E-state index contributed by atoms with van der Waals surface area (Å²) in [6.07, 6.45) is 6.72. The van der Waals surface area contributed by atoms with Gasteiger partial charge in [0.2, 0.25) is 5.91 Å². The van der Waals surface area contributed by atoms with E-state index in [4.69, 9.17) is 21.6 Å². The number of likely N-dealkylation sites (tertiary alicyclic amines) is 1. The Kier molecular flexibility index (Phi) is 8.80. The Morgan fingerprint density at radius 3 is 2.35 bits per heavy atom. The zero-order valence-electron chi connectivity index (χ0n) is 23.3. The summed E-state index contributed by atoms with van der Waals surface area (Å²) in [5.74, 6) is 1.58. The lowest BCUT2D eigenvalue weighted by atomic mass is 9.89. The molecule has 1 aromatic heterocycles. The highest BCUT2D eigenvalue weighted by molar-refractivity contribution is 6.30. The number of rotatable bonds is 5. The molecule has 3 heterocycles. The molecule has 5 rings (SSSR count). The van der Waals surface area contributed by atoms with Crippen molar-refractivity contribution in [1.82, 2.24) is 14.8 Å². The molecule has 212 valence electrons. The monoisotopic (exact) mass is 563 g/mol. The van der Waals surface area contributed by atoms with Crippen molar-refractivity contribution >= 4 is 29.4 Å². The minimum Gasteiger partial charge on any atom is -0.446 e. The van der Waals surface area contributed by atoms with Crippen molar-refractivity contribution < 1.29 is 14.3 Å². The highest BCUT2D eigenvalue weighted by atomic mass is 35.5. The van der Waals surface area contributed by atoms with Gasteiger partial charge in [-0.05, 0) is 74.3 Å². The largest absolute Gasteiger partial charge is 0.446 e. The number of benzene rings is 1. The Balaban J connectivity index is 1.24. The predicted molar refractivity (Wildman–Crippen MR) is 154 cm³/mol. The topological polar surface area (TPSA) is 89.8 Å². The number of likely N-dealkylation sites (N-methyl/N-ethyl adjacent to an activating group) is 1. The normalized spacial score (nSPS) is 25.4. The first kappa shape index (κ1) is 28.2. The summed E-state index contributed by atoms with van der Waals surface area (Å²) in [5.41, 5.74) is 1.60. The number of carbonyl (C=O) groups excluding carboxylic acids is 2. The van der Waals surface area contributed by atoms with E-state index in [1.807, 2.05) is 35.2 Å². The molecule has 0 N–H and O–H groups in total. The zero-order chi connectivity index (χ0) is 28.2. The molecule has 0 bridgehead atoms. The molecule has 1 aliphatic carbocycles. The third kappa shape index (κ3) is 6.36. The number of nitrogens with zero attached hydrogens (tertiary/aromatic N) is 5. The molecule has 3 aliphatic rings. The highest BCUT2D eigenvalue weighted by Crippen LogP contribution is 2.35. The fourth-order valence-electron chi connectivity index (χ4n) is 6.36. The molecule has 2 atom stereocenters. The number of hydrogen-bond acceptors (Lipinski definition) is 6. The summed E-state index contributed by atoms with van der Waals surface area (Å²) in [5, 5.41) is 9.69. The summed E-state index contributed by atoms with van der Waals surface area (Å²) in [7, 11) is 1.80. The van der Waals surface area contributed by atoms with Gasteiger partial charge >= 0.3 is 6.09 Å². The van der Waals surface area contributed by atoms with Gasteiger partial charge in [-0.2, -0.15) is 5.26 Å². The van der Waals surface area contributed by atoms with E-state index in [1.54, 1.807) is 24.2 Å². The average molecular weight is 564 g/mol. The molecular weight excluding hydrogens is 526 g/mol. The second-order valence-corrected chi connectivity index (χ2v) is 12.1. The van der Waals surface area contributed by atoms with E-state index in [1.165, 1.54) is 0 Å². The van der Waals surface area contributed by atoms with Gasteiger partial charge in [-0.25, -0.2) is 9.78 Å². The Morgan fingerprint density at radius 2 is 1.73 bits per heavy atom. The summed E-state index contributed by atoms with van der Waals surface area (Å²) in [6, 6.07) is 13.3. The number of hydrogen-bond donors (Lipinski definition) is 0. The van der Waals surface area contributed by atoms with Gasteiger partial charge in [-0.15, -0.1) is 0 Å². The maximum absolute atomic E-state index is 13.7. The Labute approximate surface area is 241 Å². The molecule has 0 radical (unpaired) electrons. The molecule has 8 nitrogen and oxygen atoms in total. The molecule has 0 spiro atoms. The van der Waals surface area contributed by atoms with Crippen molar-refractivity contribution in [1.29, 1.82) is 5.26 Å². The molecular formula is C31H38ClN5O3. The Hall–Kier alpha value is -3.31. The third-order valence-corrected chi connectivity index (χ3v) is 9.21. The molecule has 9 heteroatoms. The number of aromatic nitrogens is 1. The van der Waals surface area contributed by atoms with E-state index < -0.39 is 0 Å². The molecule has 2 amide bonds. The number of amides is 2. The van der Waals surface area contributed by atoms with Crippen LogP contribution in [0.1, 0.15) is 62.5 Å². The first-order chi connectivity index (χ1) is 19.3. The molecule has 40 heavy (non-hydrogen) atoms. The average Bonchev–Trinajstić information content (AvgIpc) is 3.43. The van der Waals surface area contributed by atoms with Crippen LogP contribution in [-0.2, 0) is 9.53 Å². The second kappa shape index (κ2) is 12.5. The van der Waals surface area contributed by atoms with E-state index >= 15 is 0 Å². The van der Waals surface area contributed by atoms with Crippen molar-refractivity contribution in [2.45, 2.75) is 63.5 Å². The number of carbonyl (C=O) groups is 2. The van der Waals surface area contributed by atoms with Gasteiger partial charge in [0.1, 0.15) is 18.0 Å². The van der Waals surface area contributed by atoms with E-state index in [0.29, 0.717) is 29.6 Å². The minimum atomic E-state index is -0.305. The number of piperidine rings is 1. The van der Waals surface area contributed by atoms with Gasteiger partial charge in [-0.3, -0.25) is 4.79 Å². The van der Waals surface area contributed by atoms with Crippen LogP contribution in [0.5, 0.6) is 0 Å². The molecule has 1 aromatic carbocycles. The van der Waals surface area contributed by atoms with Crippen LogP contribution in [0.2, 0.25) is 5.02 Å². The molecule has 0 unspecified atom stereocenters. The molecule has 1 saturated carbocycles. The summed E-state index contributed by atoms with van der Waals surface area (Å²) >= 11 is 6.17. The Morgan fingerprint density at radius 1 is 1.02 bits per heavy atom. The Bertz CT molecular complexity index is 1220. The van der Waals surface area contributed by atoms with Crippen molar-refractivity contribution in [3.05, 3.63) is 58.7 Å². The van der Waals surface area contributed by atoms with Crippen LogP contribution in [0.15, 0.2) is 42.6 Å². The fraction of sp³-hybridized carbons (Fsp3) is 0.548. The smallest absolute Gasteiger partial charge is 0.410 e. The van der Waals surface area contributed by atoms with Gasteiger partial charge in [0, 0.05) is 56.3 Å². The quantitative estimate of drug-likeness (QED) is 0.479. The van der Waals surface area contributed by atoms with Crippen LogP contribution in [0.4, 0.5) is 10.6 Å². The number of halogens is 1. The van der Waals surface area contributed by atoms with Gasteiger partial charge in [0.05, 0.1) is 11.6 Å². The van der Waals surface area contributed by atoms with Crippen LogP contribution in [0.3, 0.4) is 0 Å². The molecule has 3 fully saturated rings. The SMILES string of the molecule is CN(C(=O)O[C@H]1CC[C@H](C)CC1)[C@@H]1CN(C(=O)C2CCN(c3ccc(C#N)cn3)CC2)C[C@H]1c1ccc(Cl)cc1. The van der Waals surface area contributed by atoms with Crippen LogP contribution >= 0.6 is 11.6 Å². The first-order valence-electron chi connectivity index (χ1n) is 14.4. The van der Waals surface area contributed by atoms with Gasteiger partial charge < -0.3 is 19.4 Å².